The maximum absolute atomic E-state index is 13.6. The fraction of sp³-hybridized carbons (Fsp3) is 0.360. The van der Waals surface area contributed by atoms with E-state index in [1.165, 1.54) is 8.99 Å². The zero-order valence-corrected chi connectivity index (χ0v) is 22.0. The van der Waals surface area contributed by atoms with E-state index in [4.69, 9.17) is 21.1 Å². The van der Waals surface area contributed by atoms with Gasteiger partial charge >= 0.3 is 5.56 Å². The molecule has 0 radical (unpaired) electrons. The van der Waals surface area contributed by atoms with Crippen LogP contribution in [0.15, 0.2) is 59.5 Å². The number of halogens is 1. The molecule has 1 fully saturated rings. The van der Waals surface area contributed by atoms with Gasteiger partial charge in [-0.1, -0.05) is 29.8 Å². The van der Waals surface area contributed by atoms with E-state index < -0.39 is 20.8 Å². The van der Waals surface area contributed by atoms with Crippen LogP contribution in [0.25, 0.3) is 5.69 Å². The van der Waals surface area contributed by atoms with Crippen molar-refractivity contribution in [3.63, 3.8) is 0 Å². The number of hydrogen-bond acceptors (Lipinski definition) is 7. The molecule has 2 aromatic carbocycles. The van der Waals surface area contributed by atoms with Crippen LogP contribution in [0.3, 0.4) is 0 Å². The summed E-state index contributed by atoms with van der Waals surface area (Å²) < 4.78 is 39.2. The van der Waals surface area contributed by atoms with Crippen LogP contribution in [0.4, 0.5) is 5.69 Å². The Morgan fingerprint density at radius 1 is 1.06 bits per heavy atom. The largest absolute Gasteiger partial charge is 0.497 e. The van der Waals surface area contributed by atoms with Crippen LogP contribution in [0.2, 0.25) is 5.02 Å². The Labute approximate surface area is 215 Å². The first kappa shape index (κ1) is 26.0. The average molecular weight is 533 g/mol. The highest BCUT2D eigenvalue weighted by Crippen LogP contribution is 2.27. The Morgan fingerprint density at radius 2 is 1.75 bits per heavy atom. The molecule has 1 aromatic heterocycles. The molecule has 1 aliphatic heterocycles. The number of nitrogens with zero attached hydrogens (tertiary/aromatic N) is 4. The highest BCUT2D eigenvalue weighted by Gasteiger charge is 2.31. The lowest BCUT2D eigenvalue weighted by atomic mass is 10.2. The van der Waals surface area contributed by atoms with Gasteiger partial charge in [-0.3, -0.25) is 4.79 Å². The maximum Gasteiger partial charge on any atom is 0.316 e. The van der Waals surface area contributed by atoms with E-state index in [-0.39, 0.29) is 12.4 Å². The Kier molecular flexibility index (Phi) is 7.87. The van der Waals surface area contributed by atoms with Crippen molar-refractivity contribution in [2.24, 2.45) is 0 Å². The molecule has 4 rings (SSSR count). The van der Waals surface area contributed by atoms with Crippen molar-refractivity contribution >= 4 is 27.3 Å². The van der Waals surface area contributed by atoms with Crippen LogP contribution in [-0.4, -0.2) is 61.0 Å². The summed E-state index contributed by atoms with van der Waals surface area (Å²) in [5, 5.41) is 4.36. The summed E-state index contributed by atoms with van der Waals surface area (Å²) >= 11 is 6.13. The van der Waals surface area contributed by atoms with E-state index in [0.29, 0.717) is 42.6 Å². The van der Waals surface area contributed by atoms with Crippen molar-refractivity contribution in [2.75, 3.05) is 38.2 Å². The molecule has 1 aliphatic rings. The van der Waals surface area contributed by atoms with Crippen molar-refractivity contribution in [2.45, 2.75) is 25.7 Å². The molecular formula is C25H29ClN4O5S. The molecule has 0 aliphatic carbocycles. The van der Waals surface area contributed by atoms with E-state index >= 15 is 0 Å². The number of ether oxygens (including phenoxy) is 2. The monoisotopic (exact) mass is 532 g/mol. The van der Waals surface area contributed by atoms with Gasteiger partial charge in [-0.2, -0.15) is 14.1 Å². The average Bonchev–Trinajstić information content (AvgIpc) is 2.88. The van der Waals surface area contributed by atoms with Crippen LogP contribution in [-0.2, 0) is 16.6 Å². The lowest BCUT2D eigenvalue weighted by molar-refractivity contribution is 0.297. The SMILES string of the molecule is COc1ccc(COc2c(N3CCN(S(=O)(=O)C(C)C)CC3)cnn(-c3cccc(Cl)c3)c2=O)cc1. The molecular weight excluding hydrogens is 504 g/mol. The standard InChI is InChI=1S/C25H29ClN4O5S/c1-18(2)36(32,33)29-13-11-28(12-14-29)23-16-27-30(21-6-4-5-20(26)15-21)25(31)24(23)35-17-19-7-9-22(34-3)10-8-19/h4-10,15-16,18H,11-14,17H2,1-3H3. The van der Waals surface area contributed by atoms with Crippen molar-refractivity contribution < 1.29 is 17.9 Å². The van der Waals surface area contributed by atoms with Gasteiger partial charge in [0.15, 0.2) is 0 Å². The lowest BCUT2D eigenvalue weighted by Crippen LogP contribution is -2.50. The molecule has 0 saturated carbocycles. The molecule has 36 heavy (non-hydrogen) atoms. The zero-order chi connectivity index (χ0) is 25.9. The predicted octanol–water partition coefficient (Wildman–Crippen LogP) is 3.33. The number of sulfonamides is 1. The number of piperazine rings is 1. The number of aromatic nitrogens is 2. The van der Waals surface area contributed by atoms with Gasteiger partial charge in [-0.25, -0.2) is 8.42 Å². The van der Waals surface area contributed by atoms with Crippen LogP contribution in [0.1, 0.15) is 19.4 Å². The van der Waals surface area contributed by atoms with E-state index in [1.54, 1.807) is 51.4 Å². The van der Waals surface area contributed by atoms with Crippen LogP contribution in [0, 0.1) is 0 Å². The summed E-state index contributed by atoms with van der Waals surface area (Å²) in [6.07, 6.45) is 1.58. The molecule has 9 nitrogen and oxygen atoms in total. The van der Waals surface area contributed by atoms with E-state index in [1.807, 2.05) is 29.2 Å². The number of benzene rings is 2. The zero-order valence-electron chi connectivity index (χ0n) is 20.4. The number of methoxy groups -OCH3 is 1. The number of anilines is 1. The summed E-state index contributed by atoms with van der Waals surface area (Å²) in [4.78, 5) is 15.5. The molecule has 2 heterocycles. The highest BCUT2D eigenvalue weighted by atomic mass is 35.5. The lowest BCUT2D eigenvalue weighted by Gasteiger charge is -2.36. The van der Waals surface area contributed by atoms with Gasteiger partial charge in [0.25, 0.3) is 0 Å². The van der Waals surface area contributed by atoms with Gasteiger partial charge in [0.05, 0.1) is 24.2 Å². The highest BCUT2D eigenvalue weighted by molar-refractivity contribution is 7.89. The minimum absolute atomic E-state index is 0.140. The van der Waals surface area contributed by atoms with E-state index in [0.717, 1.165) is 11.3 Å². The molecule has 0 bridgehead atoms. The molecule has 0 N–H and O–H groups in total. The third-order valence-electron chi connectivity index (χ3n) is 6.04. The molecule has 0 unspecified atom stereocenters. The molecule has 0 amide bonds. The third-order valence-corrected chi connectivity index (χ3v) is 8.56. The second-order valence-electron chi connectivity index (χ2n) is 8.67. The van der Waals surface area contributed by atoms with Gasteiger partial charge in [-0.05, 0) is 49.7 Å². The van der Waals surface area contributed by atoms with E-state index in [9.17, 15) is 13.2 Å². The Bertz CT molecular complexity index is 1370. The number of hydrogen-bond donors (Lipinski definition) is 0. The summed E-state index contributed by atoms with van der Waals surface area (Å²) in [5.41, 5.74) is 1.47. The molecule has 11 heteroatoms. The van der Waals surface area contributed by atoms with Crippen molar-refractivity contribution in [1.82, 2.24) is 14.1 Å². The quantitative estimate of drug-likeness (QED) is 0.439. The van der Waals surface area contributed by atoms with Gasteiger partial charge in [0.1, 0.15) is 18.0 Å². The topological polar surface area (TPSA) is 94.0 Å². The second kappa shape index (κ2) is 10.9. The first-order valence-electron chi connectivity index (χ1n) is 11.6. The summed E-state index contributed by atoms with van der Waals surface area (Å²) in [5.74, 6) is 0.863. The van der Waals surface area contributed by atoms with Gasteiger partial charge in [0, 0.05) is 31.2 Å². The van der Waals surface area contributed by atoms with Gasteiger partial charge in [-0.15, -0.1) is 0 Å². The Balaban J connectivity index is 1.65. The molecule has 0 spiro atoms. The molecule has 3 aromatic rings. The fourth-order valence-electron chi connectivity index (χ4n) is 3.94. The van der Waals surface area contributed by atoms with Crippen molar-refractivity contribution in [3.8, 4) is 17.2 Å². The first-order valence-corrected chi connectivity index (χ1v) is 13.5. The van der Waals surface area contributed by atoms with Crippen molar-refractivity contribution in [1.29, 1.82) is 0 Å². The number of rotatable bonds is 8. The smallest absolute Gasteiger partial charge is 0.316 e. The summed E-state index contributed by atoms with van der Waals surface area (Å²) in [7, 11) is -1.76. The second-order valence-corrected chi connectivity index (χ2v) is 11.6. The Morgan fingerprint density at radius 3 is 2.36 bits per heavy atom. The predicted molar refractivity (Wildman–Crippen MR) is 140 cm³/mol. The molecule has 1 saturated heterocycles. The maximum atomic E-state index is 13.6. The third kappa shape index (κ3) is 5.50. The van der Waals surface area contributed by atoms with Crippen molar-refractivity contribution in [3.05, 3.63) is 75.7 Å². The van der Waals surface area contributed by atoms with E-state index in [2.05, 4.69) is 5.10 Å². The molecule has 192 valence electrons. The minimum atomic E-state index is -3.35. The van der Waals surface area contributed by atoms with Crippen LogP contribution < -0.4 is 19.9 Å². The molecule has 0 atom stereocenters. The van der Waals surface area contributed by atoms with Gasteiger partial charge < -0.3 is 14.4 Å². The first-order chi connectivity index (χ1) is 17.2. The summed E-state index contributed by atoms with van der Waals surface area (Å²) in [6.45, 7) is 4.96. The van der Waals surface area contributed by atoms with Crippen LogP contribution >= 0.6 is 11.6 Å². The fourth-order valence-corrected chi connectivity index (χ4v) is 5.39. The minimum Gasteiger partial charge on any atom is -0.497 e. The van der Waals surface area contributed by atoms with Gasteiger partial charge in [0.2, 0.25) is 15.8 Å². The van der Waals surface area contributed by atoms with Crippen LogP contribution in [0.5, 0.6) is 11.5 Å². The Hall–Kier alpha value is -3.08. The summed E-state index contributed by atoms with van der Waals surface area (Å²) in [6, 6.07) is 14.2. The normalized spacial score (nSPS) is 14.8.